The first-order valence-electron chi connectivity index (χ1n) is 13.5. The molecule has 0 aromatic rings. The standard InChI is InChI=1S/C28H42O7/c1-15(6-9-25(32)33)20-7-8-21-26-22(14-24(28(20,21)5)35-17(3)30)27(4)11-10-19(34-16(2)29)12-18(27)13-23(26)31/h15,18-22,24,26H,6-14H2,1-5H3,(H,32,33)/t15?,18?,19?,20?,21?,22?,24?,26?,27-,28+/m0/s1. The zero-order valence-corrected chi connectivity index (χ0v) is 21.9. The summed E-state index contributed by atoms with van der Waals surface area (Å²) >= 11 is 0. The van der Waals surface area contributed by atoms with Crippen LogP contribution in [0.5, 0.6) is 0 Å². The van der Waals surface area contributed by atoms with Crippen LogP contribution in [0.2, 0.25) is 0 Å². The van der Waals surface area contributed by atoms with E-state index in [9.17, 15) is 24.3 Å². The molecule has 0 radical (unpaired) electrons. The average Bonchev–Trinajstić information content (AvgIpc) is 3.11. The SMILES string of the molecule is CC(=O)OC1CC[C@@]2(C)C(CC(=O)C3C2CC(OC(C)=O)[C@]2(C)C(C(C)CCC(=O)O)CCC32)C1. The maximum Gasteiger partial charge on any atom is 0.303 e. The maximum atomic E-state index is 13.8. The van der Waals surface area contributed by atoms with Crippen molar-refractivity contribution in [1.29, 1.82) is 0 Å². The normalized spacial score (nSPS) is 43.3. The van der Waals surface area contributed by atoms with Gasteiger partial charge in [-0.2, -0.15) is 0 Å². The Kier molecular flexibility index (Phi) is 7.11. The number of carboxylic acid groups (broad SMARTS) is 1. The Bertz CT molecular complexity index is 883. The van der Waals surface area contributed by atoms with Crippen LogP contribution in [0.3, 0.4) is 0 Å². The van der Waals surface area contributed by atoms with E-state index < -0.39 is 5.97 Å². The van der Waals surface area contributed by atoms with Crippen LogP contribution in [0.15, 0.2) is 0 Å². The molecule has 0 heterocycles. The topological polar surface area (TPSA) is 107 Å². The second kappa shape index (κ2) is 9.51. The number of hydrogen-bond donors (Lipinski definition) is 1. The van der Waals surface area contributed by atoms with Gasteiger partial charge < -0.3 is 14.6 Å². The molecule has 0 bridgehead atoms. The van der Waals surface area contributed by atoms with Crippen LogP contribution < -0.4 is 0 Å². The van der Waals surface area contributed by atoms with Gasteiger partial charge in [0, 0.05) is 38.0 Å². The third kappa shape index (κ3) is 4.53. The van der Waals surface area contributed by atoms with Crippen molar-refractivity contribution in [3.05, 3.63) is 0 Å². The summed E-state index contributed by atoms with van der Waals surface area (Å²) in [5.41, 5.74) is -0.388. The molecule has 8 unspecified atom stereocenters. The first-order valence-corrected chi connectivity index (χ1v) is 13.5. The molecule has 0 aromatic heterocycles. The lowest BCUT2D eigenvalue weighted by Gasteiger charge is -2.62. The van der Waals surface area contributed by atoms with Crippen molar-refractivity contribution in [1.82, 2.24) is 0 Å². The molecule has 10 atom stereocenters. The fourth-order valence-corrected chi connectivity index (χ4v) is 9.07. The smallest absolute Gasteiger partial charge is 0.303 e. The van der Waals surface area contributed by atoms with E-state index in [-0.39, 0.29) is 76.9 Å². The summed E-state index contributed by atoms with van der Waals surface area (Å²) in [6, 6.07) is 0. The Hall–Kier alpha value is -1.92. The first kappa shape index (κ1) is 26.2. The summed E-state index contributed by atoms with van der Waals surface area (Å²) in [6.07, 6.45) is 5.80. The van der Waals surface area contributed by atoms with Crippen molar-refractivity contribution in [2.75, 3.05) is 0 Å². The predicted molar refractivity (Wildman–Crippen MR) is 128 cm³/mol. The van der Waals surface area contributed by atoms with Crippen molar-refractivity contribution < 1.29 is 33.8 Å². The Morgan fingerprint density at radius 3 is 2.34 bits per heavy atom. The van der Waals surface area contributed by atoms with Gasteiger partial charge in [0.05, 0.1) is 0 Å². The number of carboxylic acids is 1. The summed E-state index contributed by atoms with van der Waals surface area (Å²) < 4.78 is 11.6. The zero-order valence-electron chi connectivity index (χ0n) is 21.9. The van der Waals surface area contributed by atoms with Crippen molar-refractivity contribution in [2.24, 2.45) is 46.3 Å². The predicted octanol–water partition coefficient (Wildman–Crippen LogP) is 4.80. The van der Waals surface area contributed by atoms with Gasteiger partial charge in [0.2, 0.25) is 0 Å². The molecule has 0 aliphatic heterocycles. The number of carbonyl (C=O) groups excluding carboxylic acids is 3. The summed E-state index contributed by atoms with van der Waals surface area (Å²) in [5.74, 6) is -0.233. The number of ketones is 1. The van der Waals surface area contributed by atoms with Gasteiger partial charge in [-0.1, -0.05) is 20.8 Å². The highest BCUT2D eigenvalue weighted by atomic mass is 16.5. The van der Waals surface area contributed by atoms with Gasteiger partial charge in [0.25, 0.3) is 0 Å². The minimum absolute atomic E-state index is 0.0463. The van der Waals surface area contributed by atoms with Crippen LogP contribution in [0.1, 0.15) is 92.4 Å². The number of ether oxygens (including phenoxy) is 2. The van der Waals surface area contributed by atoms with E-state index in [1.165, 1.54) is 13.8 Å². The van der Waals surface area contributed by atoms with Crippen LogP contribution in [-0.2, 0) is 28.7 Å². The molecule has 35 heavy (non-hydrogen) atoms. The zero-order chi connectivity index (χ0) is 25.7. The monoisotopic (exact) mass is 490 g/mol. The molecule has 1 N–H and O–H groups in total. The highest BCUT2D eigenvalue weighted by Gasteiger charge is 2.67. The molecular weight excluding hydrogens is 448 g/mol. The quantitative estimate of drug-likeness (QED) is 0.533. The minimum Gasteiger partial charge on any atom is -0.481 e. The fourth-order valence-electron chi connectivity index (χ4n) is 9.07. The van der Waals surface area contributed by atoms with E-state index >= 15 is 0 Å². The second-order valence-corrected chi connectivity index (χ2v) is 12.4. The number of aliphatic carboxylic acids is 1. The summed E-state index contributed by atoms with van der Waals surface area (Å²) in [5, 5.41) is 9.23. The number of rotatable bonds is 6. The van der Waals surface area contributed by atoms with Crippen LogP contribution in [0, 0.1) is 46.3 Å². The van der Waals surface area contributed by atoms with E-state index in [4.69, 9.17) is 9.47 Å². The molecule has 7 heteroatoms. The molecule has 4 saturated carbocycles. The van der Waals surface area contributed by atoms with E-state index in [1.807, 2.05) is 0 Å². The lowest BCUT2D eigenvalue weighted by atomic mass is 9.43. The average molecular weight is 491 g/mol. The third-order valence-corrected chi connectivity index (χ3v) is 10.7. The molecule has 4 aliphatic carbocycles. The van der Waals surface area contributed by atoms with Gasteiger partial charge in [0.1, 0.15) is 18.0 Å². The van der Waals surface area contributed by atoms with Crippen LogP contribution in [0.4, 0.5) is 0 Å². The maximum absolute atomic E-state index is 13.8. The molecule has 7 nitrogen and oxygen atoms in total. The van der Waals surface area contributed by atoms with Crippen molar-refractivity contribution in [2.45, 2.75) is 105 Å². The minimum atomic E-state index is -0.789. The first-order chi connectivity index (χ1) is 16.4. The van der Waals surface area contributed by atoms with Gasteiger partial charge >= 0.3 is 17.9 Å². The molecule has 0 spiro atoms. The number of fused-ring (bicyclic) bond motifs is 5. The second-order valence-electron chi connectivity index (χ2n) is 12.4. The Balaban J connectivity index is 1.65. The lowest BCUT2D eigenvalue weighted by Crippen LogP contribution is -2.62. The van der Waals surface area contributed by atoms with E-state index in [1.54, 1.807) is 0 Å². The fraction of sp³-hybridized carbons (Fsp3) is 0.857. The third-order valence-electron chi connectivity index (χ3n) is 10.7. The van der Waals surface area contributed by atoms with Gasteiger partial charge in [-0.3, -0.25) is 19.2 Å². The Labute approximate surface area is 208 Å². The highest BCUT2D eigenvalue weighted by molar-refractivity contribution is 5.83. The molecule has 4 aliphatic rings. The number of Topliss-reactive ketones (excluding diaryl/α,β-unsaturated/α-hetero) is 1. The molecule has 0 amide bonds. The van der Waals surface area contributed by atoms with Gasteiger partial charge in [0.15, 0.2) is 0 Å². The molecule has 0 saturated heterocycles. The van der Waals surface area contributed by atoms with Gasteiger partial charge in [-0.25, -0.2) is 0 Å². The number of carbonyl (C=O) groups is 4. The summed E-state index contributed by atoms with van der Waals surface area (Å²) in [6.45, 7) is 9.53. The summed E-state index contributed by atoms with van der Waals surface area (Å²) in [4.78, 5) is 48.8. The van der Waals surface area contributed by atoms with Crippen LogP contribution >= 0.6 is 0 Å². The number of hydrogen-bond acceptors (Lipinski definition) is 6. The molecule has 4 rings (SSSR count). The highest BCUT2D eigenvalue weighted by Crippen LogP contribution is 2.68. The van der Waals surface area contributed by atoms with E-state index in [0.29, 0.717) is 25.0 Å². The van der Waals surface area contributed by atoms with Gasteiger partial charge in [-0.15, -0.1) is 0 Å². The van der Waals surface area contributed by atoms with Crippen molar-refractivity contribution in [3.63, 3.8) is 0 Å². The molecule has 196 valence electrons. The largest absolute Gasteiger partial charge is 0.481 e. The van der Waals surface area contributed by atoms with Gasteiger partial charge in [-0.05, 0) is 80.0 Å². The van der Waals surface area contributed by atoms with E-state index in [2.05, 4.69) is 20.8 Å². The van der Waals surface area contributed by atoms with Crippen LogP contribution in [-0.4, -0.2) is 41.0 Å². The molecular formula is C28H42O7. The van der Waals surface area contributed by atoms with Crippen LogP contribution in [0.25, 0.3) is 0 Å². The Morgan fingerprint density at radius 1 is 1.03 bits per heavy atom. The molecule has 4 fully saturated rings. The summed E-state index contributed by atoms with van der Waals surface area (Å²) in [7, 11) is 0. The molecule has 0 aromatic carbocycles. The van der Waals surface area contributed by atoms with Crippen molar-refractivity contribution >= 4 is 23.7 Å². The van der Waals surface area contributed by atoms with Crippen molar-refractivity contribution in [3.8, 4) is 0 Å². The Morgan fingerprint density at radius 2 is 1.71 bits per heavy atom. The lowest BCUT2D eigenvalue weighted by molar-refractivity contribution is -0.197. The van der Waals surface area contributed by atoms with E-state index in [0.717, 1.165) is 32.1 Å². The number of esters is 2.